The number of unbranched alkanes of at least 4 members (excludes halogenated alkanes) is 7. The zero-order chi connectivity index (χ0) is 29.7. The van der Waals surface area contributed by atoms with Crippen LogP contribution in [0.4, 0.5) is 11.4 Å². The molecule has 0 radical (unpaired) electrons. The highest BCUT2D eigenvalue weighted by molar-refractivity contribution is 5.34. The van der Waals surface area contributed by atoms with Gasteiger partial charge in [0.05, 0.1) is 22.9 Å². The van der Waals surface area contributed by atoms with Gasteiger partial charge in [0.2, 0.25) is 0 Å². The lowest BCUT2D eigenvalue weighted by molar-refractivity contribution is -0.978. The molecular formula is C32H52Br2Cl2N6O4. The first-order valence-corrected chi connectivity index (χ1v) is 16.2. The van der Waals surface area contributed by atoms with Crippen LogP contribution in [0.1, 0.15) is 62.5 Å². The summed E-state index contributed by atoms with van der Waals surface area (Å²) in [5.41, 5.74) is 2.57. The smallest absolute Gasteiger partial charge is 0.269 e. The van der Waals surface area contributed by atoms with Gasteiger partial charge in [0, 0.05) is 35.4 Å². The summed E-state index contributed by atoms with van der Waals surface area (Å²) in [6.45, 7) is 13.2. The Morgan fingerprint density at radius 1 is 0.565 bits per heavy atom. The molecule has 2 fully saturated rings. The molecule has 2 aliphatic heterocycles. The number of rotatable bonds is 17. The Labute approximate surface area is 307 Å². The van der Waals surface area contributed by atoms with Gasteiger partial charge in [-0.05, 0) is 25.7 Å². The molecule has 4 rings (SSSR count). The Kier molecular flexibility index (Phi) is 22.4. The third-order valence-corrected chi connectivity index (χ3v) is 9.52. The molecule has 46 heavy (non-hydrogen) atoms. The fourth-order valence-corrected chi connectivity index (χ4v) is 7.16. The topological polar surface area (TPSA) is 120 Å². The highest BCUT2D eigenvalue weighted by Gasteiger charge is 2.33. The molecule has 0 aliphatic carbocycles. The van der Waals surface area contributed by atoms with Crippen LogP contribution in [0.25, 0.3) is 0 Å². The van der Waals surface area contributed by atoms with Crippen LogP contribution in [-0.2, 0) is 13.1 Å². The molecule has 262 valence electrons. The first-order valence-electron chi connectivity index (χ1n) is 16.2. The molecule has 2 aromatic rings. The number of hydrogen-bond donors (Lipinski definition) is 2. The van der Waals surface area contributed by atoms with E-state index < -0.39 is 0 Å². The van der Waals surface area contributed by atoms with Crippen molar-refractivity contribution in [3.63, 3.8) is 0 Å². The minimum atomic E-state index is -0.288. The van der Waals surface area contributed by atoms with Crippen molar-refractivity contribution >= 4 is 11.4 Å². The van der Waals surface area contributed by atoms with Crippen molar-refractivity contribution in [2.75, 3.05) is 65.4 Å². The Morgan fingerprint density at radius 2 is 0.891 bits per heavy atom. The van der Waals surface area contributed by atoms with Crippen LogP contribution in [-0.4, -0.2) is 84.3 Å². The van der Waals surface area contributed by atoms with Gasteiger partial charge in [-0.25, -0.2) is 0 Å². The number of non-ortho nitro benzene ring substituents is 2. The number of nitrogens with zero attached hydrogens (tertiary/aromatic N) is 4. The molecule has 0 atom stereocenters. The normalized spacial score (nSPS) is 16.4. The molecular weight excluding hydrogens is 763 g/mol. The van der Waals surface area contributed by atoms with E-state index in [0.717, 1.165) is 85.5 Å². The number of nitro groups is 2. The van der Waals surface area contributed by atoms with E-state index in [0.29, 0.717) is 0 Å². The maximum Gasteiger partial charge on any atom is 0.269 e. The molecule has 2 heterocycles. The van der Waals surface area contributed by atoms with Crippen LogP contribution in [0.15, 0.2) is 48.5 Å². The van der Waals surface area contributed by atoms with Gasteiger partial charge in [-0.15, -0.1) is 0 Å². The maximum atomic E-state index is 11.2. The molecule has 0 bridgehead atoms. The average Bonchev–Trinajstić information content (AvgIpc) is 2.99. The monoisotopic (exact) mass is 812 g/mol. The summed E-state index contributed by atoms with van der Waals surface area (Å²) in [4.78, 5) is 21.9. The Balaban J connectivity index is 0.00000506. The SMILES string of the molecule is O=[N+]([O-])c1cccc(C[N+]2(CCCCCCCCCC[N+]3(Cc4cccc([N+](=O)[O-])c4)CC[NH2+]CC3)CC[NH2+]CC2)c1.[Br-].[Br-].[Cl-].[Cl-]. The van der Waals surface area contributed by atoms with Gasteiger partial charge in [-0.3, -0.25) is 20.2 Å². The lowest BCUT2D eigenvalue weighted by Crippen LogP contribution is -3.00. The first kappa shape index (κ1) is 44.6. The quantitative estimate of drug-likeness (QED) is 0.0715. The average molecular weight is 816 g/mol. The van der Waals surface area contributed by atoms with Crippen molar-refractivity contribution in [2.45, 2.75) is 64.5 Å². The van der Waals surface area contributed by atoms with Crippen LogP contribution in [0, 0.1) is 20.2 Å². The number of nitro benzene ring substituents is 2. The minimum absolute atomic E-state index is 0. The summed E-state index contributed by atoms with van der Waals surface area (Å²) in [6.07, 6.45) is 10.1. The third-order valence-electron chi connectivity index (χ3n) is 9.52. The Bertz CT molecular complexity index is 1080. The first-order chi connectivity index (χ1) is 20.4. The van der Waals surface area contributed by atoms with Crippen molar-refractivity contribution in [1.82, 2.24) is 0 Å². The summed E-state index contributed by atoms with van der Waals surface area (Å²) in [6, 6.07) is 14.4. The lowest BCUT2D eigenvalue weighted by atomic mass is 10.1. The number of halogens is 4. The molecule has 4 N–H and O–H groups in total. The van der Waals surface area contributed by atoms with Gasteiger partial charge in [-0.2, -0.15) is 0 Å². The fourth-order valence-electron chi connectivity index (χ4n) is 7.16. The summed E-state index contributed by atoms with van der Waals surface area (Å²) in [5.74, 6) is 0. The van der Waals surface area contributed by atoms with Crippen molar-refractivity contribution < 1.29 is 88.2 Å². The van der Waals surface area contributed by atoms with Crippen molar-refractivity contribution in [3.8, 4) is 0 Å². The summed E-state index contributed by atoms with van der Waals surface area (Å²) in [7, 11) is 0. The van der Waals surface area contributed by atoms with Gasteiger partial charge in [0.15, 0.2) is 0 Å². The summed E-state index contributed by atoms with van der Waals surface area (Å²) in [5, 5.41) is 27.3. The van der Waals surface area contributed by atoms with Crippen LogP contribution < -0.4 is 69.4 Å². The number of hydrogen-bond acceptors (Lipinski definition) is 4. The zero-order valence-electron chi connectivity index (χ0n) is 26.8. The standard InChI is InChI=1S/C32H50N6O4.2BrH.2ClH/c39-35(40)31-13-9-11-29(25-31)27-37(21-15-33-16-22-37)19-7-5-3-1-2-4-6-8-20-38(23-17-34-18-24-38)28-30-12-10-14-32(26-30)36(41)42;;;;/h9-14,25-26,33-34H,1-8,15-24,27-28H2;4*1H/q+2;;;;/p-2. The second kappa shape index (κ2) is 23.1. The molecule has 10 nitrogen and oxygen atoms in total. The van der Waals surface area contributed by atoms with Gasteiger partial charge < -0.3 is 78.4 Å². The number of benzene rings is 2. The van der Waals surface area contributed by atoms with E-state index in [-0.39, 0.29) is 80.0 Å². The van der Waals surface area contributed by atoms with Crippen LogP contribution >= 0.6 is 0 Å². The van der Waals surface area contributed by atoms with Gasteiger partial charge in [0.25, 0.3) is 11.4 Å². The Hall–Kier alpha value is -1.38. The molecule has 2 aliphatic rings. The maximum absolute atomic E-state index is 11.2. The van der Waals surface area contributed by atoms with E-state index in [1.54, 1.807) is 24.3 Å². The Morgan fingerprint density at radius 3 is 1.22 bits per heavy atom. The largest absolute Gasteiger partial charge is 1.00 e. The van der Waals surface area contributed by atoms with E-state index >= 15 is 0 Å². The van der Waals surface area contributed by atoms with Gasteiger partial charge in [0.1, 0.15) is 65.4 Å². The number of quaternary nitrogens is 4. The van der Waals surface area contributed by atoms with E-state index in [1.807, 2.05) is 24.3 Å². The molecule has 0 unspecified atom stereocenters. The van der Waals surface area contributed by atoms with E-state index in [1.165, 1.54) is 64.5 Å². The third kappa shape index (κ3) is 14.4. The second-order valence-corrected chi connectivity index (χ2v) is 12.8. The zero-order valence-corrected chi connectivity index (χ0v) is 31.5. The lowest BCUT2D eigenvalue weighted by Gasteiger charge is -2.40. The summed E-state index contributed by atoms with van der Waals surface area (Å²) >= 11 is 0. The number of nitrogens with two attached hydrogens (primary N) is 2. The van der Waals surface area contributed by atoms with Crippen molar-refractivity contribution in [1.29, 1.82) is 0 Å². The fraction of sp³-hybridized carbons (Fsp3) is 0.625. The molecule has 0 aromatic heterocycles. The van der Waals surface area contributed by atoms with E-state index in [4.69, 9.17) is 0 Å². The molecule has 0 saturated carbocycles. The predicted molar refractivity (Wildman–Crippen MR) is 164 cm³/mol. The van der Waals surface area contributed by atoms with Crippen molar-refractivity contribution in [3.05, 3.63) is 79.9 Å². The van der Waals surface area contributed by atoms with Crippen molar-refractivity contribution in [2.24, 2.45) is 0 Å². The minimum Gasteiger partial charge on any atom is -1.00 e. The molecule has 0 spiro atoms. The number of piperazine rings is 2. The summed E-state index contributed by atoms with van der Waals surface area (Å²) < 4.78 is 2.12. The van der Waals surface area contributed by atoms with E-state index in [2.05, 4.69) is 10.6 Å². The highest BCUT2D eigenvalue weighted by atomic mass is 79.9. The van der Waals surface area contributed by atoms with Crippen LogP contribution in [0.5, 0.6) is 0 Å². The molecule has 2 aromatic carbocycles. The van der Waals surface area contributed by atoms with Gasteiger partial charge in [-0.1, -0.05) is 49.9 Å². The predicted octanol–water partition coefficient (Wildman–Crippen LogP) is -8.87. The van der Waals surface area contributed by atoms with Crippen LogP contribution in [0.2, 0.25) is 0 Å². The molecule has 0 amide bonds. The van der Waals surface area contributed by atoms with Crippen LogP contribution in [0.3, 0.4) is 0 Å². The molecule has 14 heteroatoms. The second-order valence-electron chi connectivity index (χ2n) is 12.8. The van der Waals surface area contributed by atoms with Gasteiger partial charge >= 0.3 is 0 Å². The molecule has 2 saturated heterocycles. The highest BCUT2D eigenvalue weighted by Crippen LogP contribution is 2.23. The van der Waals surface area contributed by atoms with E-state index in [9.17, 15) is 20.2 Å².